The van der Waals surface area contributed by atoms with Gasteiger partial charge in [0.2, 0.25) is 0 Å². The zero-order chi connectivity index (χ0) is 23.2. The maximum atomic E-state index is 14.4. The number of aromatic nitrogens is 2. The molecule has 0 aliphatic carbocycles. The molecule has 0 saturated heterocycles. The summed E-state index contributed by atoms with van der Waals surface area (Å²) < 4.78 is 79.2. The fourth-order valence-corrected chi connectivity index (χ4v) is 3.03. The van der Waals surface area contributed by atoms with Crippen molar-refractivity contribution in [3.05, 3.63) is 61.1 Å². The molecule has 9 nitrogen and oxygen atoms in total. The molecule has 0 aliphatic rings. The van der Waals surface area contributed by atoms with E-state index in [0.29, 0.717) is 23.5 Å². The largest absolute Gasteiger partial charge is 0.431 e. The molecule has 2 aromatic rings. The van der Waals surface area contributed by atoms with Crippen LogP contribution in [0.5, 0.6) is 0 Å². The van der Waals surface area contributed by atoms with Gasteiger partial charge in [0.1, 0.15) is 11.5 Å². The highest BCUT2D eigenvalue weighted by atomic mass is 35.5. The lowest BCUT2D eigenvalue weighted by Crippen LogP contribution is -2.41. The number of nitrogens with one attached hydrogen (secondary N) is 1. The van der Waals surface area contributed by atoms with E-state index in [-0.39, 0.29) is 15.2 Å². The quantitative estimate of drug-likeness (QED) is 0.664. The van der Waals surface area contributed by atoms with Gasteiger partial charge >= 0.3 is 22.1 Å². The third-order valence-electron chi connectivity index (χ3n) is 3.84. The van der Waals surface area contributed by atoms with Crippen LogP contribution in [0, 0.1) is 5.82 Å². The summed E-state index contributed by atoms with van der Waals surface area (Å²) in [4.78, 5) is 36.7. The van der Waals surface area contributed by atoms with Gasteiger partial charge in [0.25, 0.3) is 11.5 Å². The van der Waals surface area contributed by atoms with Gasteiger partial charge < -0.3 is 0 Å². The Hall–Kier alpha value is -2.71. The third-order valence-corrected chi connectivity index (χ3v) is 5.55. The summed E-state index contributed by atoms with van der Waals surface area (Å²) in [7, 11) is -1.34. The Bertz CT molecular complexity index is 1250. The molecule has 0 unspecified atom stereocenters. The van der Waals surface area contributed by atoms with Crippen molar-refractivity contribution < 1.29 is 30.8 Å². The van der Waals surface area contributed by atoms with E-state index in [1.807, 2.05) is 0 Å². The van der Waals surface area contributed by atoms with Crippen LogP contribution in [0.25, 0.3) is 5.69 Å². The minimum atomic E-state index is -5.03. The number of amides is 1. The van der Waals surface area contributed by atoms with Crippen molar-refractivity contribution in [1.82, 2.24) is 18.2 Å². The van der Waals surface area contributed by atoms with Crippen LogP contribution < -0.4 is 16.0 Å². The van der Waals surface area contributed by atoms with Crippen LogP contribution in [-0.4, -0.2) is 41.9 Å². The fraction of sp³-hybridized carbons (Fsp3) is 0.267. The molecule has 1 aromatic carbocycles. The van der Waals surface area contributed by atoms with Gasteiger partial charge in [-0.3, -0.25) is 14.2 Å². The van der Waals surface area contributed by atoms with Crippen molar-refractivity contribution in [3.8, 4) is 5.69 Å². The smallest absolute Gasteiger partial charge is 0.292 e. The van der Waals surface area contributed by atoms with E-state index >= 15 is 0 Å². The Morgan fingerprint density at radius 2 is 1.73 bits per heavy atom. The van der Waals surface area contributed by atoms with Gasteiger partial charge in [0, 0.05) is 27.2 Å². The number of halogens is 5. The Labute approximate surface area is 171 Å². The molecule has 0 spiro atoms. The second-order valence-corrected chi connectivity index (χ2v) is 8.34. The van der Waals surface area contributed by atoms with E-state index in [4.69, 9.17) is 11.6 Å². The lowest BCUT2D eigenvalue weighted by atomic mass is 10.1. The summed E-state index contributed by atoms with van der Waals surface area (Å²) >= 11 is 5.76. The summed E-state index contributed by atoms with van der Waals surface area (Å²) in [6, 6.07) is 1.16. The van der Waals surface area contributed by atoms with Crippen molar-refractivity contribution in [3.63, 3.8) is 0 Å². The van der Waals surface area contributed by atoms with Gasteiger partial charge in [-0.2, -0.15) is 25.9 Å². The number of rotatable bonds is 4. The fourth-order valence-electron chi connectivity index (χ4n) is 2.27. The number of hydrogen-bond acceptors (Lipinski definition) is 5. The Morgan fingerprint density at radius 3 is 2.23 bits per heavy atom. The highest BCUT2D eigenvalue weighted by Crippen LogP contribution is 2.27. The second-order valence-electron chi connectivity index (χ2n) is 6.04. The van der Waals surface area contributed by atoms with E-state index in [1.54, 1.807) is 4.72 Å². The van der Waals surface area contributed by atoms with Gasteiger partial charge in [0.15, 0.2) is 0 Å². The molecule has 0 saturated carbocycles. The summed E-state index contributed by atoms with van der Waals surface area (Å²) in [6.07, 6.45) is -5.03. The van der Waals surface area contributed by atoms with E-state index in [9.17, 15) is 40.4 Å². The van der Waals surface area contributed by atoms with Crippen molar-refractivity contribution >= 4 is 27.7 Å². The van der Waals surface area contributed by atoms with Gasteiger partial charge in [-0.05, 0) is 12.1 Å². The molecule has 0 radical (unpaired) electrons. The first-order valence-electron chi connectivity index (χ1n) is 7.72. The molecule has 0 bridgehead atoms. The highest BCUT2D eigenvalue weighted by Gasteiger charge is 2.35. The number of nitrogens with zero attached hydrogens (tertiary/aromatic N) is 3. The molecule has 15 heteroatoms. The minimum absolute atomic E-state index is 0.0537. The normalized spacial score (nSPS) is 12.3. The van der Waals surface area contributed by atoms with Gasteiger partial charge in [-0.1, -0.05) is 11.6 Å². The Balaban J connectivity index is 2.73. The lowest BCUT2D eigenvalue weighted by Gasteiger charge is -2.16. The summed E-state index contributed by atoms with van der Waals surface area (Å²) in [5.74, 6) is -2.64. The topological polar surface area (TPSA) is 110 Å². The van der Waals surface area contributed by atoms with Crippen molar-refractivity contribution in [1.29, 1.82) is 0 Å². The third kappa shape index (κ3) is 4.39. The van der Waals surface area contributed by atoms with Gasteiger partial charge in [-0.25, -0.2) is 18.5 Å². The maximum Gasteiger partial charge on any atom is 0.431 e. The summed E-state index contributed by atoms with van der Waals surface area (Å²) in [6.45, 7) is 0. The number of benzene rings is 1. The zero-order valence-electron chi connectivity index (χ0n) is 15.4. The van der Waals surface area contributed by atoms with Crippen LogP contribution in [0.15, 0.2) is 27.8 Å². The van der Waals surface area contributed by atoms with Crippen molar-refractivity contribution in [2.45, 2.75) is 6.18 Å². The van der Waals surface area contributed by atoms with Gasteiger partial charge in [0.05, 0.1) is 16.3 Å². The highest BCUT2D eigenvalue weighted by molar-refractivity contribution is 7.87. The van der Waals surface area contributed by atoms with Crippen molar-refractivity contribution in [2.75, 3.05) is 14.1 Å². The molecule has 1 aromatic heterocycles. The standard InChI is InChI=1S/C15H13ClF4N4O5S/c1-22(2)30(28,29)21-13(26)7-4-10(9(17)5-8(7)16)24-12(25)6-11(15(18,19)20)23(3)14(24)27/h4-6H,1-3H3,(H,21,26). The van der Waals surface area contributed by atoms with Crippen LogP contribution in [0.4, 0.5) is 17.6 Å². The van der Waals surface area contributed by atoms with E-state index in [0.717, 1.165) is 14.1 Å². The SMILES string of the molecule is CN(C)S(=O)(=O)NC(=O)c1cc(-n2c(=O)cc(C(F)(F)F)n(C)c2=O)c(F)cc1Cl. The molecule has 1 amide bonds. The number of carbonyl (C=O) groups excluding carboxylic acids is 1. The van der Waals surface area contributed by atoms with Crippen LogP contribution >= 0.6 is 11.6 Å². The molecule has 0 atom stereocenters. The summed E-state index contributed by atoms with van der Waals surface area (Å²) in [5, 5.41) is -0.570. The van der Waals surface area contributed by atoms with E-state index in [1.165, 1.54) is 0 Å². The molecular weight excluding hydrogens is 460 g/mol. The molecular formula is C15H13ClF4N4O5S. The zero-order valence-corrected chi connectivity index (χ0v) is 17.0. The van der Waals surface area contributed by atoms with Crippen LogP contribution in [0.1, 0.15) is 16.1 Å². The predicted molar refractivity (Wildman–Crippen MR) is 97.3 cm³/mol. The molecule has 1 heterocycles. The Morgan fingerprint density at radius 1 is 1.17 bits per heavy atom. The second kappa shape index (κ2) is 7.85. The van der Waals surface area contributed by atoms with E-state index < -0.39 is 61.3 Å². The number of hydrogen-bond donors (Lipinski definition) is 1. The minimum Gasteiger partial charge on any atom is -0.292 e. The molecule has 30 heavy (non-hydrogen) atoms. The van der Waals surface area contributed by atoms with Crippen LogP contribution in [0.2, 0.25) is 5.02 Å². The lowest BCUT2D eigenvalue weighted by molar-refractivity contribution is -0.144. The summed E-state index contributed by atoms with van der Waals surface area (Å²) in [5.41, 5.74) is -6.20. The molecule has 2 rings (SSSR count). The van der Waals surface area contributed by atoms with Gasteiger partial charge in [-0.15, -0.1) is 0 Å². The maximum absolute atomic E-state index is 14.4. The average Bonchev–Trinajstić information content (AvgIpc) is 2.58. The monoisotopic (exact) mass is 472 g/mol. The molecule has 0 fully saturated rings. The number of carbonyl (C=O) groups is 1. The first-order valence-corrected chi connectivity index (χ1v) is 9.54. The first kappa shape index (κ1) is 23.6. The van der Waals surface area contributed by atoms with Crippen molar-refractivity contribution in [2.24, 2.45) is 7.05 Å². The number of alkyl halides is 3. The Kier molecular flexibility index (Phi) is 6.16. The first-order chi connectivity index (χ1) is 13.6. The van der Waals surface area contributed by atoms with Crippen LogP contribution in [-0.2, 0) is 23.4 Å². The average molecular weight is 473 g/mol. The molecule has 0 aliphatic heterocycles. The van der Waals surface area contributed by atoms with E-state index in [2.05, 4.69) is 0 Å². The molecule has 1 N–H and O–H groups in total. The van der Waals surface area contributed by atoms with Crippen LogP contribution in [0.3, 0.4) is 0 Å². The predicted octanol–water partition coefficient (Wildman–Crippen LogP) is 0.884. The molecule has 164 valence electrons.